The third kappa shape index (κ3) is 4.44. The zero-order chi connectivity index (χ0) is 26.1. The van der Waals surface area contributed by atoms with Crippen molar-refractivity contribution in [2.24, 2.45) is 0 Å². The number of fused-ring (bicyclic) bond motifs is 2. The number of benzene rings is 3. The van der Waals surface area contributed by atoms with Gasteiger partial charge in [-0.05, 0) is 68.8 Å². The number of esters is 1. The number of hydrogen-bond acceptors (Lipinski definition) is 7. The summed E-state index contributed by atoms with van der Waals surface area (Å²) < 4.78 is 22.6. The average Bonchev–Trinajstić information content (AvgIpc) is 3.49. The Morgan fingerprint density at radius 2 is 1.76 bits per heavy atom. The second-order valence-electron chi connectivity index (χ2n) is 8.65. The number of furan rings is 1. The number of hydrogen-bond donors (Lipinski definition) is 0. The molecular weight excluding hydrogens is 470 g/mol. The molecule has 1 aromatic heterocycles. The highest BCUT2D eigenvalue weighted by molar-refractivity contribution is 6.15. The van der Waals surface area contributed by atoms with E-state index in [0.29, 0.717) is 28.2 Å². The van der Waals surface area contributed by atoms with Gasteiger partial charge in [0.05, 0.1) is 12.7 Å². The molecule has 4 aromatic rings. The number of allylic oxidation sites excluding steroid dienone is 1. The van der Waals surface area contributed by atoms with Crippen LogP contribution in [0.4, 0.5) is 5.69 Å². The largest absolute Gasteiger partial charge is 0.493 e. The van der Waals surface area contributed by atoms with Crippen molar-refractivity contribution in [1.82, 2.24) is 0 Å². The van der Waals surface area contributed by atoms with E-state index in [1.807, 2.05) is 36.4 Å². The lowest BCUT2D eigenvalue weighted by molar-refractivity contribution is 0.0702. The molecule has 7 heteroatoms. The van der Waals surface area contributed by atoms with E-state index in [9.17, 15) is 9.59 Å². The Kier molecular flexibility index (Phi) is 6.44. The highest BCUT2D eigenvalue weighted by Crippen LogP contribution is 2.40. The van der Waals surface area contributed by atoms with Crippen LogP contribution >= 0.6 is 0 Å². The SMILES string of the molecule is CCN(CC)c1ccc(/C=C2\Oc3c(ccc(OC(=O)c4cc5cccc(OC)c5o4)c3C)C2=O)cc1. The second-order valence-corrected chi connectivity index (χ2v) is 8.65. The minimum absolute atomic E-state index is 0.0464. The highest BCUT2D eigenvalue weighted by atomic mass is 16.6. The lowest BCUT2D eigenvalue weighted by atomic mass is 10.1. The van der Waals surface area contributed by atoms with Crippen molar-refractivity contribution in [1.29, 1.82) is 0 Å². The number of nitrogens with zero attached hydrogens (tertiary/aromatic N) is 1. The van der Waals surface area contributed by atoms with Crippen LogP contribution in [0.1, 0.15) is 45.9 Å². The molecule has 0 unspecified atom stereocenters. The molecule has 0 atom stereocenters. The van der Waals surface area contributed by atoms with Crippen molar-refractivity contribution in [2.45, 2.75) is 20.8 Å². The molecule has 0 N–H and O–H groups in total. The maximum atomic E-state index is 13.0. The van der Waals surface area contributed by atoms with E-state index in [4.69, 9.17) is 18.6 Å². The molecule has 37 heavy (non-hydrogen) atoms. The van der Waals surface area contributed by atoms with Crippen LogP contribution in [-0.2, 0) is 0 Å². The zero-order valence-corrected chi connectivity index (χ0v) is 21.2. The smallest absolute Gasteiger partial charge is 0.379 e. The van der Waals surface area contributed by atoms with Crippen LogP contribution < -0.4 is 19.1 Å². The van der Waals surface area contributed by atoms with Gasteiger partial charge in [0.2, 0.25) is 11.5 Å². The van der Waals surface area contributed by atoms with Gasteiger partial charge in [-0.25, -0.2) is 4.79 Å². The molecule has 0 fully saturated rings. The molecule has 0 saturated carbocycles. The summed E-state index contributed by atoms with van der Waals surface area (Å²) in [6.45, 7) is 7.82. The van der Waals surface area contributed by atoms with Crippen molar-refractivity contribution < 1.29 is 28.2 Å². The van der Waals surface area contributed by atoms with Gasteiger partial charge < -0.3 is 23.5 Å². The fraction of sp³-hybridized carbons (Fsp3) is 0.200. The van der Waals surface area contributed by atoms with Crippen LogP contribution in [0.25, 0.3) is 17.0 Å². The third-order valence-corrected chi connectivity index (χ3v) is 6.49. The molecule has 0 aliphatic carbocycles. The Labute approximate surface area is 214 Å². The molecule has 0 amide bonds. The van der Waals surface area contributed by atoms with Gasteiger partial charge in [-0.3, -0.25) is 4.79 Å². The monoisotopic (exact) mass is 497 g/mol. The van der Waals surface area contributed by atoms with Gasteiger partial charge >= 0.3 is 5.97 Å². The molecule has 0 bridgehead atoms. The molecule has 1 aliphatic heterocycles. The maximum Gasteiger partial charge on any atom is 0.379 e. The molecule has 1 aliphatic rings. The number of methoxy groups -OCH3 is 1. The van der Waals surface area contributed by atoms with E-state index in [2.05, 4.69) is 18.7 Å². The first-order valence-corrected chi connectivity index (χ1v) is 12.1. The van der Waals surface area contributed by atoms with Crippen LogP contribution in [0.5, 0.6) is 17.2 Å². The predicted octanol–water partition coefficient (Wildman–Crippen LogP) is 6.43. The summed E-state index contributed by atoms with van der Waals surface area (Å²) in [5.74, 6) is 0.593. The Morgan fingerprint density at radius 1 is 1.00 bits per heavy atom. The molecule has 0 spiro atoms. The number of ketones is 1. The summed E-state index contributed by atoms with van der Waals surface area (Å²) in [6.07, 6.45) is 1.72. The normalized spacial score (nSPS) is 13.5. The lowest BCUT2D eigenvalue weighted by Crippen LogP contribution is -2.21. The topological polar surface area (TPSA) is 78.2 Å². The first kappa shape index (κ1) is 24.2. The number of anilines is 1. The summed E-state index contributed by atoms with van der Waals surface area (Å²) >= 11 is 0. The number of carbonyl (C=O) groups excluding carboxylic acids is 2. The fourth-order valence-electron chi connectivity index (χ4n) is 4.45. The van der Waals surface area contributed by atoms with Crippen LogP contribution in [0, 0.1) is 6.92 Å². The van der Waals surface area contributed by atoms with E-state index in [1.54, 1.807) is 37.3 Å². The van der Waals surface area contributed by atoms with Crippen LogP contribution in [0.15, 0.2) is 70.8 Å². The quantitative estimate of drug-likeness (QED) is 0.165. The third-order valence-electron chi connectivity index (χ3n) is 6.49. The summed E-state index contributed by atoms with van der Waals surface area (Å²) in [4.78, 5) is 28.1. The van der Waals surface area contributed by atoms with Gasteiger partial charge in [-0.15, -0.1) is 0 Å². The standard InChI is InChI=1S/C30H27NO6/c1-5-31(6-2)21-12-10-19(11-13-21)16-25-27(32)22-14-15-23(18(3)28(22)35-25)37-30(33)26-17-20-8-7-9-24(34-4)29(20)36-26/h7-17H,5-6H2,1-4H3/b25-16-. The molecule has 5 rings (SSSR count). The van der Waals surface area contributed by atoms with Crippen molar-refractivity contribution in [2.75, 3.05) is 25.1 Å². The van der Waals surface area contributed by atoms with Gasteiger partial charge in [0.25, 0.3) is 0 Å². The van der Waals surface area contributed by atoms with E-state index in [1.165, 1.54) is 7.11 Å². The Hall–Kier alpha value is -4.52. The number of para-hydroxylation sites is 1. The molecule has 188 valence electrons. The van der Waals surface area contributed by atoms with E-state index in [0.717, 1.165) is 29.7 Å². The Bertz CT molecular complexity index is 1530. The van der Waals surface area contributed by atoms with E-state index < -0.39 is 5.97 Å². The maximum absolute atomic E-state index is 13.0. The first-order chi connectivity index (χ1) is 17.9. The van der Waals surface area contributed by atoms with Gasteiger partial charge in [0, 0.05) is 29.7 Å². The summed E-state index contributed by atoms with van der Waals surface area (Å²) in [5, 5.41) is 0.728. The molecule has 7 nitrogen and oxygen atoms in total. The average molecular weight is 498 g/mol. The molecule has 0 radical (unpaired) electrons. The van der Waals surface area contributed by atoms with Gasteiger partial charge in [0.15, 0.2) is 17.1 Å². The summed E-state index contributed by atoms with van der Waals surface area (Å²) in [7, 11) is 1.54. The molecule has 0 saturated heterocycles. The predicted molar refractivity (Wildman–Crippen MR) is 142 cm³/mol. The summed E-state index contributed by atoms with van der Waals surface area (Å²) in [5.41, 5.74) is 3.43. The Balaban J connectivity index is 1.37. The van der Waals surface area contributed by atoms with Crippen molar-refractivity contribution in [3.05, 3.63) is 88.9 Å². The van der Waals surface area contributed by atoms with E-state index >= 15 is 0 Å². The number of ether oxygens (including phenoxy) is 3. The Morgan fingerprint density at radius 3 is 2.46 bits per heavy atom. The number of rotatable bonds is 7. The van der Waals surface area contributed by atoms with Crippen molar-refractivity contribution in [3.63, 3.8) is 0 Å². The van der Waals surface area contributed by atoms with E-state index in [-0.39, 0.29) is 23.1 Å². The highest BCUT2D eigenvalue weighted by Gasteiger charge is 2.31. The van der Waals surface area contributed by atoms with Crippen LogP contribution in [0.2, 0.25) is 0 Å². The fourth-order valence-corrected chi connectivity index (χ4v) is 4.45. The second kappa shape index (κ2) is 9.85. The lowest BCUT2D eigenvalue weighted by Gasteiger charge is -2.20. The molecule has 3 aromatic carbocycles. The van der Waals surface area contributed by atoms with Crippen LogP contribution in [0.3, 0.4) is 0 Å². The zero-order valence-electron chi connectivity index (χ0n) is 21.2. The van der Waals surface area contributed by atoms with Gasteiger partial charge in [-0.1, -0.05) is 24.3 Å². The minimum atomic E-state index is -0.658. The first-order valence-electron chi connectivity index (χ1n) is 12.1. The molecular formula is C30H27NO6. The molecule has 2 heterocycles. The van der Waals surface area contributed by atoms with Crippen molar-refractivity contribution in [3.8, 4) is 17.2 Å². The van der Waals surface area contributed by atoms with Gasteiger partial charge in [-0.2, -0.15) is 0 Å². The number of Topliss-reactive ketones (excluding diaryl/α,β-unsaturated/α-hetero) is 1. The summed E-state index contributed by atoms with van der Waals surface area (Å²) in [6, 6.07) is 18.2. The number of carbonyl (C=O) groups is 2. The van der Waals surface area contributed by atoms with Gasteiger partial charge in [0.1, 0.15) is 11.5 Å². The van der Waals surface area contributed by atoms with Crippen molar-refractivity contribution >= 4 is 34.5 Å². The van der Waals surface area contributed by atoms with Crippen LogP contribution in [-0.4, -0.2) is 32.0 Å². The minimum Gasteiger partial charge on any atom is -0.493 e.